The fourth-order valence-electron chi connectivity index (χ4n) is 5.01. The van der Waals surface area contributed by atoms with Crippen LogP contribution >= 0.6 is 0 Å². The molecule has 4 aromatic heterocycles. The Kier molecular flexibility index (Phi) is 7.22. The van der Waals surface area contributed by atoms with Crippen molar-refractivity contribution in [1.29, 1.82) is 0 Å². The van der Waals surface area contributed by atoms with Crippen molar-refractivity contribution in [3.8, 4) is 23.0 Å². The van der Waals surface area contributed by atoms with E-state index in [1.165, 1.54) is 0 Å². The van der Waals surface area contributed by atoms with E-state index in [-0.39, 0.29) is 18.7 Å². The van der Waals surface area contributed by atoms with E-state index in [9.17, 15) is 5.11 Å². The summed E-state index contributed by atoms with van der Waals surface area (Å²) in [6.07, 6.45) is 5.79. The van der Waals surface area contributed by atoms with Crippen molar-refractivity contribution in [2.45, 2.75) is 53.2 Å². The van der Waals surface area contributed by atoms with E-state index in [0.717, 1.165) is 51.4 Å². The largest absolute Gasteiger partial charge is 0.476 e. The number of aromatic amines is 1. The summed E-state index contributed by atoms with van der Waals surface area (Å²) >= 11 is 0. The Hall–Kier alpha value is -3.70. The van der Waals surface area contributed by atoms with E-state index in [0.29, 0.717) is 31.5 Å². The predicted molar refractivity (Wildman–Crippen MR) is 146 cm³/mol. The van der Waals surface area contributed by atoms with Gasteiger partial charge in [-0.3, -0.25) is 19.7 Å². The summed E-state index contributed by atoms with van der Waals surface area (Å²) in [6, 6.07) is 1.90. The van der Waals surface area contributed by atoms with Gasteiger partial charge in [-0.05, 0) is 52.5 Å². The van der Waals surface area contributed by atoms with Crippen molar-refractivity contribution in [2.24, 2.45) is 7.05 Å². The lowest BCUT2D eigenvalue weighted by Gasteiger charge is -2.29. The van der Waals surface area contributed by atoms with E-state index in [1.54, 1.807) is 10.9 Å². The molecule has 1 aliphatic rings. The van der Waals surface area contributed by atoms with E-state index >= 15 is 0 Å². The van der Waals surface area contributed by atoms with Gasteiger partial charge < -0.3 is 14.6 Å². The number of hydrogen-bond donors (Lipinski definition) is 2. The van der Waals surface area contributed by atoms with E-state index < -0.39 is 0 Å². The van der Waals surface area contributed by atoms with E-state index in [4.69, 9.17) is 19.6 Å². The summed E-state index contributed by atoms with van der Waals surface area (Å²) < 4.78 is 16.1. The molecule has 0 saturated carbocycles. The van der Waals surface area contributed by atoms with Crippen LogP contribution in [0.2, 0.25) is 0 Å². The van der Waals surface area contributed by atoms with Crippen molar-refractivity contribution < 1.29 is 14.6 Å². The molecule has 0 amide bonds. The fourth-order valence-corrected chi connectivity index (χ4v) is 5.01. The number of fused-ring (bicyclic) bond motifs is 4. The highest BCUT2D eigenvalue weighted by Gasteiger charge is 2.26. The molecule has 1 aliphatic heterocycles. The number of hydrogen-bond acceptors (Lipinski definition) is 8. The van der Waals surface area contributed by atoms with Crippen LogP contribution in [0, 0.1) is 6.92 Å². The molecule has 0 radical (unpaired) electrons. The second-order valence-corrected chi connectivity index (χ2v) is 9.74. The second kappa shape index (κ2) is 10.6. The number of rotatable bonds is 5. The zero-order valence-corrected chi connectivity index (χ0v) is 22.9. The quantitative estimate of drug-likeness (QED) is 0.410. The van der Waals surface area contributed by atoms with Gasteiger partial charge in [-0.25, -0.2) is 4.68 Å². The summed E-state index contributed by atoms with van der Waals surface area (Å²) in [6.45, 7) is 12.5. The zero-order chi connectivity index (χ0) is 27.0. The summed E-state index contributed by atoms with van der Waals surface area (Å²) in [5.74, 6) is 1.23. The minimum Gasteiger partial charge on any atom is -0.476 e. The molecule has 2 atom stereocenters. The molecule has 2 N–H and O–H groups in total. The number of aliphatic hydroxyl groups is 1. The zero-order valence-electron chi connectivity index (χ0n) is 22.9. The van der Waals surface area contributed by atoms with Crippen LogP contribution in [0.25, 0.3) is 34.3 Å². The molecule has 0 fully saturated rings. The Morgan fingerprint density at radius 2 is 2.08 bits per heavy atom. The molecule has 0 aromatic carbocycles. The van der Waals surface area contributed by atoms with Crippen LogP contribution in [0.3, 0.4) is 0 Å². The lowest BCUT2D eigenvalue weighted by molar-refractivity contribution is 0.134. The lowest BCUT2D eigenvalue weighted by atomic mass is 10.1. The number of likely N-dealkylation sites (N-methyl/N-ethyl adjacent to an activating group) is 1. The minimum absolute atomic E-state index is 0.0312. The van der Waals surface area contributed by atoms with Gasteiger partial charge in [-0.1, -0.05) is 6.92 Å². The molecule has 2 bridgehead atoms. The lowest BCUT2D eigenvalue weighted by Crippen LogP contribution is -2.38. The number of ether oxygens (including phenoxy) is 2. The van der Waals surface area contributed by atoms with Crippen molar-refractivity contribution >= 4 is 23.1 Å². The standard InChI is InChI=1S/C27H36N8O3/c1-7-34-13-24-19(26(37-8-2)32-35(24)16(3)14-36)9-10-21-20-11-22(28-12-23(20)30-29-21)25-18(5)31-33(6)27(25)38-15-17(34)4/h9-12,16-17,36H,7-8,13-15H2,1-6H3,(H,29,30)/b10-9+/t16-,17-/m0/s1. The van der Waals surface area contributed by atoms with Gasteiger partial charge in [0.25, 0.3) is 0 Å². The minimum atomic E-state index is -0.210. The highest BCUT2D eigenvalue weighted by molar-refractivity contribution is 5.92. The topological polar surface area (TPSA) is 119 Å². The Morgan fingerprint density at radius 3 is 2.82 bits per heavy atom. The SMILES string of the molecule is CCOc1nn([C@@H](C)CO)c2c1/C=C/c1n[nH]c3cnc(cc13)-c1c(C)nn(C)c1OC[C@H](C)N(CC)C2. The number of H-pyrrole nitrogens is 1. The Balaban J connectivity index is 1.73. The highest BCUT2D eigenvalue weighted by atomic mass is 16.5. The van der Waals surface area contributed by atoms with Gasteiger partial charge in [-0.15, -0.1) is 5.10 Å². The van der Waals surface area contributed by atoms with Gasteiger partial charge in [0, 0.05) is 25.0 Å². The summed E-state index contributed by atoms with van der Waals surface area (Å²) in [4.78, 5) is 7.04. The first-order valence-corrected chi connectivity index (χ1v) is 13.1. The van der Waals surface area contributed by atoms with Crippen LogP contribution in [0.5, 0.6) is 11.8 Å². The van der Waals surface area contributed by atoms with Gasteiger partial charge in [0.2, 0.25) is 11.8 Å². The van der Waals surface area contributed by atoms with E-state index in [2.05, 4.69) is 34.0 Å². The summed E-state index contributed by atoms with van der Waals surface area (Å²) in [5.41, 5.74) is 5.97. The average Bonchev–Trinajstić information content (AvgIpc) is 3.56. The molecule has 0 saturated heterocycles. The molecular weight excluding hydrogens is 484 g/mol. The van der Waals surface area contributed by atoms with Gasteiger partial charge in [0.15, 0.2) is 0 Å². The van der Waals surface area contributed by atoms with Crippen LogP contribution in [0.15, 0.2) is 12.3 Å². The van der Waals surface area contributed by atoms with Crippen LogP contribution in [-0.4, -0.2) is 77.2 Å². The van der Waals surface area contributed by atoms with Crippen LogP contribution in [-0.2, 0) is 13.6 Å². The monoisotopic (exact) mass is 520 g/mol. The maximum atomic E-state index is 10.0. The van der Waals surface area contributed by atoms with Crippen LogP contribution < -0.4 is 9.47 Å². The Bertz CT molecular complexity index is 1470. The number of nitrogens with zero attached hydrogens (tertiary/aromatic N) is 7. The van der Waals surface area contributed by atoms with Crippen molar-refractivity contribution in [3.63, 3.8) is 0 Å². The first-order valence-electron chi connectivity index (χ1n) is 13.1. The normalized spacial score (nSPS) is 17.9. The van der Waals surface area contributed by atoms with Gasteiger partial charge >= 0.3 is 0 Å². The third-order valence-corrected chi connectivity index (χ3v) is 7.13. The third-order valence-electron chi connectivity index (χ3n) is 7.13. The molecule has 38 heavy (non-hydrogen) atoms. The number of aliphatic hydroxyl groups excluding tert-OH is 1. The summed E-state index contributed by atoms with van der Waals surface area (Å²) in [5, 5.41) is 28.0. The molecule has 5 heterocycles. The van der Waals surface area contributed by atoms with Crippen LogP contribution in [0.4, 0.5) is 0 Å². The van der Waals surface area contributed by atoms with E-state index in [1.807, 2.05) is 50.7 Å². The summed E-state index contributed by atoms with van der Waals surface area (Å²) in [7, 11) is 1.89. The maximum Gasteiger partial charge on any atom is 0.240 e. The molecule has 11 nitrogen and oxygen atoms in total. The second-order valence-electron chi connectivity index (χ2n) is 9.74. The van der Waals surface area contributed by atoms with Crippen molar-refractivity contribution in [3.05, 3.63) is 34.9 Å². The smallest absolute Gasteiger partial charge is 0.240 e. The molecule has 0 spiro atoms. The number of nitrogens with one attached hydrogen (secondary N) is 1. The first kappa shape index (κ1) is 25.9. The number of aryl methyl sites for hydroxylation is 2. The van der Waals surface area contributed by atoms with Gasteiger partial charge in [-0.2, -0.15) is 10.2 Å². The van der Waals surface area contributed by atoms with Crippen LogP contribution in [0.1, 0.15) is 56.4 Å². The predicted octanol–water partition coefficient (Wildman–Crippen LogP) is 3.59. The van der Waals surface area contributed by atoms with Gasteiger partial charge in [0.05, 0.1) is 64.9 Å². The molecular formula is C27H36N8O3. The van der Waals surface area contributed by atoms with Crippen molar-refractivity contribution in [1.82, 2.24) is 39.6 Å². The molecule has 5 rings (SSSR count). The highest BCUT2D eigenvalue weighted by Crippen LogP contribution is 2.35. The maximum absolute atomic E-state index is 10.0. The average molecular weight is 521 g/mol. The number of aromatic nitrogens is 7. The van der Waals surface area contributed by atoms with Gasteiger partial charge in [0.1, 0.15) is 6.61 Å². The molecule has 202 valence electrons. The number of pyridine rings is 1. The molecule has 0 aliphatic carbocycles. The Morgan fingerprint density at radius 1 is 1.26 bits per heavy atom. The third kappa shape index (κ3) is 4.56. The first-order chi connectivity index (χ1) is 18.4. The van der Waals surface area contributed by atoms with Crippen molar-refractivity contribution in [2.75, 3.05) is 26.4 Å². The molecule has 11 heteroatoms. The molecule has 4 aromatic rings. The fraction of sp³-hybridized carbons (Fsp3) is 0.481. The Labute approximate surface area is 222 Å². The molecule has 0 unspecified atom stereocenters.